The predicted octanol–water partition coefficient (Wildman–Crippen LogP) is 7.43. The molecule has 54 heavy (non-hydrogen) atoms. The van der Waals surface area contributed by atoms with Gasteiger partial charge in [0.15, 0.2) is 11.6 Å². The van der Waals surface area contributed by atoms with E-state index in [2.05, 4.69) is 20.6 Å². The number of carbonyl (C=O) groups is 4. The van der Waals surface area contributed by atoms with Crippen molar-refractivity contribution >= 4 is 59.3 Å². The van der Waals surface area contributed by atoms with Crippen molar-refractivity contribution in [3.05, 3.63) is 83.7 Å². The van der Waals surface area contributed by atoms with Crippen LogP contribution in [-0.4, -0.2) is 79.7 Å². The molecule has 2 heterocycles. The molecule has 2 aromatic carbocycles. The number of hydrogen-bond donors (Lipinski definition) is 3. The number of aromatic nitrogens is 4. The van der Waals surface area contributed by atoms with Crippen LogP contribution in [0.2, 0.25) is 0 Å². The molecule has 22 heteroatoms. The number of imidazole rings is 2. The number of alkyl halides is 6. The molecule has 0 aliphatic carbocycles. The van der Waals surface area contributed by atoms with Gasteiger partial charge in [0.1, 0.15) is 13.2 Å². The van der Waals surface area contributed by atoms with Gasteiger partial charge in [-0.05, 0) is 55.5 Å². The van der Waals surface area contributed by atoms with E-state index in [9.17, 15) is 45.5 Å². The molecule has 292 valence electrons. The molecule has 0 spiro atoms. The predicted molar refractivity (Wildman–Crippen MR) is 184 cm³/mol. The number of thioether (sulfide) groups is 2. The summed E-state index contributed by atoms with van der Waals surface area (Å²) in [6.45, 7) is 1.92. The lowest BCUT2D eigenvalue weighted by atomic mass is 10.2. The Hall–Kier alpha value is -5.38. The molecule has 4 rings (SSSR count). The molecule has 0 aliphatic rings. The number of anilines is 2. The normalized spacial score (nSPS) is 11.2. The van der Waals surface area contributed by atoms with Gasteiger partial charge < -0.3 is 28.5 Å². The van der Waals surface area contributed by atoms with Crippen molar-refractivity contribution in [3.8, 4) is 0 Å². The van der Waals surface area contributed by atoms with Crippen LogP contribution < -0.4 is 10.6 Å². The summed E-state index contributed by atoms with van der Waals surface area (Å²) in [6, 6.07) is 9.37. The number of aryl methyl sites for hydroxylation is 2. The van der Waals surface area contributed by atoms with Gasteiger partial charge in [0.2, 0.25) is 11.6 Å². The number of carboxylic acid groups (broad SMARTS) is 1. The van der Waals surface area contributed by atoms with Gasteiger partial charge in [-0.1, -0.05) is 0 Å². The smallest absolute Gasteiger partial charge is 0.416 e. The average Bonchev–Trinajstić information content (AvgIpc) is 3.65. The van der Waals surface area contributed by atoms with Crippen LogP contribution in [0, 0.1) is 0 Å². The molecular weight excluding hydrogens is 775 g/mol. The molecule has 0 saturated heterocycles. The Kier molecular flexibility index (Phi) is 15.6. The zero-order chi connectivity index (χ0) is 40.1. The molecule has 0 radical (unpaired) electrons. The number of amides is 2. The number of carboxylic acids is 1. The third kappa shape index (κ3) is 13.9. The second-order valence-electron chi connectivity index (χ2n) is 10.4. The molecule has 0 aliphatic heterocycles. The van der Waals surface area contributed by atoms with Crippen molar-refractivity contribution in [2.75, 3.05) is 42.0 Å². The largest absolute Gasteiger partial charge is 0.475 e. The van der Waals surface area contributed by atoms with Gasteiger partial charge in [0.25, 0.3) is 0 Å². The number of nitrogens with one attached hydrogen (secondary N) is 2. The minimum absolute atomic E-state index is 0.0101. The summed E-state index contributed by atoms with van der Waals surface area (Å²) in [6.07, 6.45) is -7.57. The van der Waals surface area contributed by atoms with Gasteiger partial charge in [0.05, 0.1) is 17.7 Å². The minimum Gasteiger partial charge on any atom is -0.475 e. The zero-order valence-electron chi connectivity index (χ0n) is 28.5. The van der Waals surface area contributed by atoms with Gasteiger partial charge in [-0.3, -0.25) is 10.6 Å². The van der Waals surface area contributed by atoms with Crippen LogP contribution >= 0.6 is 23.5 Å². The Morgan fingerprint density at radius 2 is 1.07 bits per heavy atom. The van der Waals surface area contributed by atoms with Crippen molar-refractivity contribution in [1.82, 2.24) is 19.1 Å². The standard InChI is InChI=1S/C17H18F3N3O4S.C15H14F3N3O4S/c1-3-26-15(24)14-21-13(10-23(14)2)22-16(25)27-8-9-28-12-6-4-11(5-7-12)17(18,19)20;1-21-8-11(19-12(21)13(22)23)20-14(24)25-6-7-26-10-4-2-9(3-5-10)15(16,17)18/h4-7,10H,3,8-9H2,1-2H3,(H,22,25);2-5,8H,6-7H2,1H3,(H,20,24)(H,22,23). The molecule has 0 bridgehead atoms. The molecule has 0 saturated carbocycles. The highest BCUT2D eigenvalue weighted by Gasteiger charge is 2.30. The summed E-state index contributed by atoms with van der Waals surface area (Å²) in [5.74, 6) is -1.19. The molecule has 0 atom stereocenters. The van der Waals surface area contributed by atoms with E-state index in [1.165, 1.54) is 76.4 Å². The van der Waals surface area contributed by atoms with Crippen molar-refractivity contribution in [2.24, 2.45) is 14.1 Å². The lowest BCUT2D eigenvalue weighted by molar-refractivity contribution is -0.138. The van der Waals surface area contributed by atoms with Gasteiger partial charge in [-0.2, -0.15) is 26.3 Å². The van der Waals surface area contributed by atoms with Crippen LogP contribution in [0.1, 0.15) is 39.3 Å². The second kappa shape index (κ2) is 19.6. The summed E-state index contributed by atoms with van der Waals surface area (Å²) in [5.41, 5.74) is -1.45. The fourth-order valence-electron chi connectivity index (χ4n) is 3.99. The summed E-state index contributed by atoms with van der Waals surface area (Å²) >= 11 is 2.48. The van der Waals surface area contributed by atoms with Crippen LogP contribution in [0.15, 0.2) is 70.7 Å². The first-order chi connectivity index (χ1) is 25.4. The maximum Gasteiger partial charge on any atom is 0.416 e. The third-order valence-corrected chi connectivity index (χ3v) is 8.35. The lowest BCUT2D eigenvalue weighted by Crippen LogP contribution is -2.15. The van der Waals surface area contributed by atoms with E-state index in [1.54, 1.807) is 14.0 Å². The van der Waals surface area contributed by atoms with Crippen LogP contribution in [-0.2, 0) is 40.7 Å². The van der Waals surface area contributed by atoms with Crippen molar-refractivity contribution in [1.29, 1.82) is 0 Å². The van der Waals surface area contributed by atoms with Crippen LogP contribution in [0.25, 0.3) is 0 Å². The van der Waals surface area contributed by atoms with Gasteiger partial charge in [0, 0.05) is 47.8 Å². The number of hydrogen-bond acceptors (Lipinski definition) is 11. The highest BCUT2D eigenvalue weighted by Crippen LogP contribution is 2.32. The maximum atomic E-state index is 12.5. The van der Waals surface area contributed by atoms with Crippen LogP contribution in [0.4, 0.5) is 47.6 Å². The fraction of sp³-hybridized carbons (Fsp3) is 0.312. The first-order valence-electron chi connectivity index (χ1n) is 15.3. The van der Waals surface area contributed by atoms with E-state index in [-0.39, 0.29) is 43.1 Å². The molecule has 4 aromatic rings. The third-order valence-electron chi connectivity index (χ3n) is 6.40. The first kappa shape index (κ1) is 43.0. The zero-order valence-corrected chi connectivity index (χ0v) is 30.1. The minimum atomic E-state index is -4.38. The van der Waals surface area contributed by atoms with Crippen LogP contribution in [0.3, 0.4) is 0 Å². The van der Waals surface area contributed by atoms with Crippen molar-refractivity contribution in [3.63, 3.8) is 0 Å². The van der Waals surface area contributed by atoms with Crippen LogP contribution in [0.5, 0.6) is 0 Å². The second-order valence-corrected chi connectivity index (χ2v) is 12.7. The van der Waals surface area contributed by atoms with Gasteiger partial charge in [-0.15, -0.1) is 23.5 Å². The molecule has 3 N–H and O–H groups in total. The number of halogens is 6. The number of aromatic carboxylic acids is 1. The Bertz CT molecular complexity index is 1880. The van der Waals surface area contributed by atoms with E-state index >= 15 is 0 Å². The van der Waals surface area contributed by atoms with E-state index in [0.29, 0.717) is 21.3 Å². The summed E-state index contributed by atoms with van der Waals surface area (Å²) < 4.78 is 92.2. The van der Waals surface area contributed by atoms with E-state index in [0.717, 1.165) is 24.3 Å². The SMILES string of the molecule is CCOC(=O)c1nc(NC(=O)OCCSc2ccc(C(F)(F)F)cc2)cn1C.Cn1cc(NC(=O)OCCSc2ccc(C(F)(F)F)cc2)nc1C(=O)O. The number of rotatable bonds is 13. The van der Waals surface area contributed by atoms with Crippen molar-refractivity contribution in [2.45, 2.75) is 29.1 Å². The molecule has 14 nitrogen and oxygen atoms in total. The Labute approximate surface area is 311 Å². The first-order valence-corrected chi connectivity index (χ1v) is 17.3. The number of carbonyl (C=O) groups excluding carboxylic acids is 3. The molecule has 0 fully saturated rings. The van der Waals surface area contributed by atoms with E-state index < -0.39 is 47.6 Å². The molecule has 2 amide bonds. The summed E-state index contributed by atoms with van der Waals surface area (Å²) in [5, 5.41) is 13.5. The topological polar surface area (TPSA) is 176 Å². The molecule has 2 aromatic heterocycles. The van der Waals surface area contributed by atoms with Gasteiger partial charge >= 0.3 is 36.5 Å². The lowest BCUT2D eigenvalue weighted by Gasteiger charge is -2.08. The number of esters is 1. The average molecular weight is 807 g/mol. The van der Waals surface area contributed by atoms with Crippen molar-refractivity contribution < 1.29 is 64.8 Å². The quantitative estimate of drug-likeness (QED) is 0.0401. The van der Waals surface area contributed by atoms with E-state index in [4.69, 9.17) is 19.3 Å². The number of nitrogens with zero attached hydrogens (tertiary/aromatic N) is 4. The fourth-order valence-corrected chi connectivity index (χ4v) is 5.45. The number of benzene rings is 2. The monoisotopic (exact) mass is 806 g/mol. The molecular formula is C32H32F6N6O8S2. The highest BCUT2D eigenvalue weighted by atomic mass is 32.2. The summed E-state index contributed by atoms with van der Waals surface area (Å²) in [4.78, 5) is 54.8. The van der Waals surface area contributed by atoms with Gasteiger partial charge in [-0.25, -0.2) is 29.1 Å². The Morgan fingerprint density at radius 3 is 1.43 bits per heavy atom. The Morgan fingerprint density at radius 1 is 0.685 bits per heavy atom. The maximum absolute atomic E-state index is 12.5. The molecule has 0 unspecified atom stereocenters. The number of ether oxygens (including phenoxy) is 3. The van der Waals surface area contributed by atoms with E-state index in [1.807, 2.05) is 0 Å². The summed E-state index contributed by atoms with van der Waals surface area (Å²) in [7, 11) is 3.05. The highest BCUT2D eigenvalue weighted by molar-refractivity contribution is 7.99. The Balaban J connectivity index is 0.000000291.